The lowest BCUT2D eigenvalue weighted by molar-refractivity contribution is -0.142. The minimum Gasteiger partial charge on any atom is -0.368 e. The number of Topliss-reactive ketones (excluding diaryl/α,β-unsaturated/α-hetero) is 1. The molecule has 3 fully saturated rings. The molecule has 1 atom stereocenters. The zero-order valence-corrected chi connectivity index (χ0v) is 17.3. The number of aryl methyl sites for hydroxylation is 1. The third-order valence-corrected chi connectivity index (χ3v) is 6.73. The first-order chi connectivity index (χ1) is 13.5. The largest absolute Gasteiger partial charge is 0.368 e. The van der Waals surface area contributed by atoms with Crippen molar-refractivity contribution in [2.24, 2.45) is 0 Å². The van der Waals surface area contributed by atoms with Crippen molar-refractivity contribution >= 4 is 11.7 Å². The minimum atomic E-state index is -0.242. The van der Waals surface area contributed by atoms with E-state index in [2.05, 4.69) is 29.4 Å². The van der Waals surface area contributed by atoms with Crippen molar-refractivity contribution in [2.45, 2.75) is 64.5 Å². The van der Waals surface area contributed by atoms with Gasteiger partial charge in [-0.05, 0) is 45.6 Å². The van der Waals surface area contributed by atoms with E-state index in [0.717, 1.165) is 37.2 Å². The average Bonchev–Trinajstić information content (AvgIpc) is 3.43. The second-order valence-electron chi connectivity index (χ2n) is 8.62. The van der Waals surface area contributed by atoms with E-state index in [9.17, 15) is 9.59 Å². The molecule has 6 heteroatoms. The third-order valence-electron chi connectivity index (χ3n) is 6.73. The molecule has 0 radical (unpaired) electrons. The van der Waals surface area contributed by atoms with Crippen molar-refractivity contribution in [3.05, 3.63) is 23.0 Å². The third kappa shape index (κ3) is 3.90. The summed E-state index contributed by atoms with van der Waals surface area (Å²) in [4.78, 5) is 29.5. The van der Waals surface area contributed by atoms with Gasteiger partial charge in [0.1, 0.15) is 6.10 Å². The van der Waals surface area contributed by atoms with Crippen LogP contribution in [0.1, 0.15) is 66.3 Å². The van der Waals surface area contributed by atoms with Gasteiger partial charge < -0.3 is 14.2 Å². The number of ketones is 1. The molecule has 0 aromatic carbocycles. The van der Waals surface area contributed by atoms with Crippen LogP contribution >= 0.6 is 0 Å². The van der Waals surface area contributed by atoms with Crippen molar-refractivity contribution in [2.75, 3.05) is 39.3 Å². The quantitative estimate of drug-likeness (QED) is 0.729. The minimum absolute atomic E-state index is 0.128. The van der Waals surface area contributed by atoms with Crippen LogP contribution < -0.4 is 0 Å². The first-order valence-corrected chi connectivity index (χ1v) is 10.9. The Morgan fingerprint density at radius 2 is 1.75 bits per heavy atom. The average molecular weight is 388 g/mol. The van der Waals surface area contributed by atoms with Gasteiger partial charge in [0.15, 0.2) is 5.78 Å². The van der Waals surface area contributed by atoms with Gasteiger partial charge in [-0.25, -0.2) is 0 Å². The van der Waals surface area contributed by atoms with Gasteiger partial charge in [0.05, 0.1) is 6.54 Å². The SMILES string of the molecule is Cc1cc(C(=O)CN2CCN(C(=O)C3CCCO3)CC2)c(C)n1C1CCCC1. The van der Waals surface area contributed by atoms with Gasteiger partial charge in [0.25, 0.3) is 5.91 Å². The van der Waals surface area contributed by atoms with Gasteiger partial charge in [-0.1, -0.05) is 12.8 Å². The Morgan fingerprint density at radius 3 is 2.39 bits per heavy atom. The van der Waals surface area contributed by atoms with Gasteiger partial charge in [-0.2, -0.15) is 0 Å². The highest BCUT2D eigenvalue weighted by Crippen LogP contribution is 2.33. The summed E-state index contributed by atoms with van der Waals surface area (Å²) < 4.78 is 7.91. The number of nitrogens with zero attached hydrogens (tertiary/aromatic N) is 3. The molecule has 28 heavy (non-hydrogen) atoms. The first kappa shape index (κ1) is 19.6. The standard InChI is InChI=1S/C22H33N3O3/c1-16-14-19(17(2)25(16)18-6-3-4-7-18)20(26)15-23-9-11-24(12-10-23)22(27)21-8-5-13-28-21/h14,18,21H,3-13,15H2,1-2H3. The van der Waals surface area contributed by atoms with Crippen molar-refractivity contribution in [1.82, 2.24) is 14.4 Å². The summed E-state index contributed by atoms with van der Waals surface area (Å²) in [5.41, 5.74) is 3.21. The topological polar surface area (TPSA) is 54.8 Å². The van der Waals surface area contributed by atoms with Gasteiger partial charge in [-0.15, -0.1) is 0 Å². The Balaban J connectivity index is 1.33. The van der Waals surface area contributed by atoms with Gasteiger partial charge >= 0.3 is 0 Å². The number of amides is 1. The van der Waals surface area contributed by atoms with Gasteiger partial charge in [-0.3, -0.25) is 14.5 Å². The molecule has 4 rings (SSSR count). The smallest absolute Gasteiger partial charge is 0.251 e. The predicted molar refractivity (Wildman–Crippen MR) is 108 cm³/mol. The lowest BCUT2D eigenvalue weighted by Gasteiger charge is -2.35. The summed E-state index contributed by atoms with van der Waals surface area (Å²) in [6.07, 6.45) is 6.61. The number of rotatable bonds is 5. The molecule has 0 spiro atoms. The zero-order chi connectivity index (χ0) is 19.7. The van der Waals surface area contributed by atoms with Gasteiger partial charge in [0, 0.05) is 55.8 Å². The number of piperazine rings is 1. The molecule has 1 unspecified atom stereocenters. The fourth-order valence-electron chi connectivity index (χ4n) is 5.17. The Kier molecular flexibility index (Phi) is 5.88. The second kappa shape index (κ2) is 8.37. The Labute approximate surface area is 167 Å². The summed E-state index contributed by atoms with van der Waals surface area (Å²) in [6.45, 7) is 8.24. The van der Waals surface area contributed by atoms with Crippen molar-refractivity contribution in [3.63, 3.8) is 0 Å². The highest BCUT2D eigenvalue weighted by atomic mass is 16.5. The summed E-state index contributed by atoms with van der Waals surface area (Å²) in [5, 5.41) is 0. The summed E-state index contributed by atoms with van der Waals surface area (Å²) in [5.74, 6) is 0.333. The Hall–Kier alpha value is -1.66. The monoisotopic (exact) mass is 387 g/mol. The number of hydrogen-bond donors (Lipinski definition) is 0. The highest BCUT2D eigenvalue weighted by Gasteiger charge is 2.31. The summed E-state index contributed by atoms with van der Waals surface area (Å²) in [7, 11) is 0. The van der Waals surface area contributed by atoms with E-state index >= 15 is 0 Å². The van der Waals surface area contributed by atoms with Crippen LogP contribution in [0.3, 0.4) is 0 Å². The van der Waals surface area contributed by atoms with E-state index in [1.54, 1.807) is 0 Å². The van der Waals surface area contributed by atoms with Crippen molar-refractivity contribution in [3.8, 4) is 0 Å². The van der Waals surface area contributed by atoms with Crippen LogP contribution in [0.5, 0.6) is 0 Å². The molecule has 2 saturated heterocycles. The maximum absolute atomic E-state index is 13.0. The van der Waals surface area contributed by atoms with Gasteiger partial charge in [0.2, 0.25) is 0 Å². The summed E-state index contributed by atoms with van der Waals surface area (Å²) >= 11 is 0. The summed E-state index contributed by atoms with van der Waals surface area (Å²) in [6, 6.07) is 2.64. The van der Waals surface area contributed by atoms with E-state index in [-0.39, 0.29) is 17.8 Å². The zero-order valence-electron chi connectivity index (χ0n) is 17.3. The van der Waals surface area contributed by atoms with Crippen LogP contribution in [-0.2, 0) is 9.53 Å². The lowest BCUT2D eigenvalue weighted by atomic mass is 10.1. The second-order valence-corrected chi connectivity index (χ2v) is 8.62. The van der Waals surface area contributed by atoms with E-state index in [0.29, 0.717) is 32.3 Å². The lowest BCUT2D eigenvalue weighted by Crippen LogP contribution is -2.52. The molecule has 1 aromatic heterocycles. The van der Waals surface area contributed by atoms with Crippen molar-refractivity contribution in [1.29, 1.82) is 0 Å². The molecule has 0 N–H and O–H groups in total. The van der Waals surface area contributed by atoms with Crippen LogP contribution in [0.2, 0.25) is 0 Å². The highest BCUT2D eigenvalue weighted by molar-refractivity contribution is 5.99. The van der Waals surface area contributed by atoms with E-state index in [4.69, 9.17) is 4.74 Å². The van der Waals surface area contributed by atoms with Crippen LogP contribution in [0.4, 0.5) is 0 Å². The molecule has 2 aliphatic heterocycles. The molecule has 1 aromatic rings. The molecule has 3 heterocycles. The van der Waals surface area contributed by atoms with Crippen LogP contribution in [0.25, 0.3) is 0 Å². The molecular weight excluding hydrogens is 354 g/mol. The maximum Gasteiger partial charge on any atom is 0.251 e. The molecule has 3 aliphatic rings. The number of hydrogen-bond acceptors (Lipinski definition) is 4. The molecule has 6 nitrogen and oxygen atoms in total. The molecule has 0 bridgehead atoms. The fraction of sp³-hybridized carbons (Fsp3) is 0.727. The predicted octanol–water partition coefficient (Wildman–Crippen LogP) is 2.73. The molecule has 154 valence electrons. The normalized spacial score (nSPS) is 24.2. The number of ether oxygens (including phenoxy) is 1. The molecular formula is C22H33N3O3. The van der Waals surface area contributed by atoms with E-state index in [1.165, 1.54) is 31.4 Å². The van der Waals surface area contributed by atoms with E-state index in [1.807, 2.05) is 4.90 Å². The molecule has 1 amide bonds. The number of carbonyl (C=O) groups is 2. The maximum atomic E-state index is 13.0. The first-order valence-electron chi connectivity index (χ1n) is 10.9. The Bertz CT molecular complexity index is 722. The number of aromatic nitrogens is 1. The van der Waals surface area contributed by atoms with Crippen molar-refractivity contribution < 1.29 is 14.3 Å². The van der Waals surface area contributed by atoms with E-state index < -0.39 is 0 Å². The van der Waals surface area contributed by atoms with Crippen LogP contribution in [-0.4, -0.2) is 71.5 Å². The molecule has 1 saturated carbocycles. The Morgan fingerprint density at radius 1 is 1.04 bits per heavy atom. The fourth-order valence-corrected chi connectivity index (χ4v) is 5.17. The number of carbonyl (C=O) groups excluding carboxylic acids is 2. The van der Waals surface area contributed by atoms with Crippen LogP contribution in [0, 0.1) is 13.8 Å². The molecule has 1 aliphatic carbocycles. The van der Waals surface area contributed by atoms with Crippen LogP contribution in [0.15, 0.2) is 6.07 Å².